The van der Waals surface area contributed by atoms with Crippen LogP contribution >= 0.6 is 0 Å². The lowest BCUT2D eigenvalue weighted by Gasteiger charge is -2.24. The Bertz CT molecular complexity index is 553. The molecule has 3 rings (SSSR count). The van der Waals surface area contributed by atoms with Crippen molar-refractivity contribution in [1.82, 2.24) is 24.5 Å². The molecule has 2 aromatic rings. The van der Waals surface area contributed by atoms with Crippen molar-refractivity contribution < 1.29 is 0 Å². The molecule has 3 heterocycles. The molecule has 1 aliphatic rings. The highest BCUT2D eigenvalue weighted by Gasteiger charge is 2.26. The van der Waals surface area contributed by atoms with Gasteiger partial charge in [-0.15, -0.1) is 0 Å². The van der Waals surface area contributed by atoms with E-state index < -0.39 is 0 Å². The Balaban J connectivity index is 2.04. The van der Waals surface area contributed by atoms with Crippen molar-refractivity contribution in [2.45, 2.75) is 32.2 Å². The van der Waals surface area contributed by atoms with Crippen LogP contribution in [-0.2, 0) is 7.05 Å². The quantitative estimate of drug-likeness (QED) is 0.873. The molecule has 0 saturated carbocycles. The molecule has 0 radical (unpaired) electrons. The molecular formula is C12H18N6. The maximum atomic E-state index is 4.63. The largest absolute Gasteiger partial charge is 0.354 e. The normalized spacial score (nSPS) is 18.8. The topological polar surface area (TPSA) is 60.6 Å². The number of aryl methyl sites for hydroxylation is 1. The summed E-state index contributed by atoms with van der Waals surface area (Å²) < 4.78 is 3.91. The van der Waals surface area contributed by atoms with Crippen LogP contribution in [-0.4, -0.2) is 31.1 Å². The summed E-state index contributed by atoms with van der Waals surface area (Å²) in [5.74, 6) is 2.11. The van der Waals surface area contributed by atoms with Crippen molar-refractivity contribution in [3.63, 3.8) is 0 Å². The second-order valence-electron chi connectivity index (χ2n) is 5.00. The maximum Gasteiger partial charge on any atom is 0.222 e. The van der Waals surface area contributed by atoms with Gasteiger partial charge in [0, 0.05) is 25.7 Å². The van der Waals surface area contributed by atoms with Crippen LogP contribution in [0.2, 0.25) is 0 Å². The summed E-state index contributed by atoms with van der Waals surface area (Å²) in [6, 6.07) is 2.28. The minimum Gasteiger partial charge on any atom is -0.354 e. The van der Waals surface area contributed by atoms with Crippen LogP contribution in [0.15, 0.2) is 12.3 Å². The summed E-state index contributed by atoms with van der Waals surface area (Å²) in [5, 5.41) is 12.2. The second-order valence-corrected chi connectivity index (χ2v) is 5.00. The molecule has 6 nitrogen and oxygen atoms in total. The lowest BCUT2D eigenvalue weighted by molar-refractivity contribution is 0.447. The first-order chi connectivity index (χ1) is 8.66. The van der Waals surface area contributed by atoms with E-state index in [0.717, 1.165) is 24.7 Å². The number of hydrogen-bond acceptors (Lipinski definition) is 4. The van der Waals surface area contributed by atoms with E-state index in [1.165, 1.54) is 5.69 Å². The molecule has 1 atom stereocenters. The first-order valence-corrected chi connectivity index (χ1v) is 6.35. The zero-order valence-corrected chi connectivity index (χ0v) is 11.0. The molecule has 0 bridgehead atoms. The Morgan fingerprint density at radius 1 is 1.44 bits per heavy atom. The molecule has 2 aromatic heterocycles. The number of nitrogens with zero attached hydrogens (tertiary/aromatic N) is 5. The third-order valence-electron chi connectivity index (χ3n) is 3.36. The fraction of sp³-hybridized carbons (Fsp3) is 0.583. The highest BCUT2D eigenvalue weighted by Crippen LogP contribution is 2.28. The lowest BCUT2D eigenvalue weighted by Crippen LogP contribution is -2.26. The molecule has 0 aliphatic carbocycles. The standard InChI is InChI=1S/C12H18N6/c1-8(2)11-15-12-13-6-4-10(18(12)16-11)9-5-7-14-17(9)3/h5,7-8,10H,4,6H2,1-3H3,(H,13,15,16). The van der Waals surface area contributed by atoms with Crippen LogP contribution in [0, 0.1) is 0 Å². The Kier molecular flexibility index (Phi) is 2.57. The van der Waals surface area contributed by atoms with Gasteiger partial charge in [-0.25, -0.2) is 4.68 Å². The van der Waals surface area contributed by atoms with Crippen molar-refractivity contribution in [3.8, 4) is 0 Å². The second kappa shape index (κ2) is 4.12. The van der Waals surface area contributed by atoms with E-state index in [2.05, 4.69) is 40.4 Å². The van der Waals surface area contributed by atoms with E-state index in [9.17, 15) is 0 Å². The molecule has 1 unspecified atom stereocenters. The zero-order chi connectivity index (χ0) is 12.7. The predicted molar refractivity (Wildman–Crippen MR) is 68.6 cm³/mol. The number of fused-ring (bicyclic) bond motifs is 1. The third kappa shape index (κ3) is 1.68. The number of aromatic nitrogens is 5. The first kappa shape index (κ1) is 11.3. The van der Waals surface area contributed by atoms with Crippen LogP contribution in [0.5, 0.6) is 0 Å². The molecule has 1 aliphatic heterocycles. The maximum absolute atomic E-state index is 4.63. The van der Waals surface area contributed by atoms with Crippen LogP contribution in [0.1, 0.15) is 43.7 Å². The van der Waals surface area contributed by atoms with E-state index >= 15 is 0 Å². The average molecular weight is 246 g/mol. The molecule has 0 amide bonds. The van der Waals surface area contributed by atoms with Gasteiger partial charge in [0.1, 0.15) is 0 Å². The van der Waals surface area contributed by atoms with E-state index in [1.807, 2.05) is 22.6 Å². The Morgan fingerprint density at radius 2 is 2.28 bits per heavy atom. The molecule has 96 valence electrons. The summed E-state index contributed by atoms with van der Waals surface area (Å²) >= 11 is 0. The van der Waals surface area contributed by atoms with Crippen LogP contribution in [0.3, 0.4) is 0 Å². The lowest BCUT2D eigenvalue weighted by atomic mass is 10.1. The first-order valence-electron chi connectivity index (χ1n) is 6.35. The zero-order valence-electron chi connectivity index (χ0n) is 11.0. The number of nitrogens with one attached hydrogen (secondary N) is 1. The van der Waals surface area contributed by atoms with E-state index in [4.69, 9.17) is 0 Å². The highest BCUT2D eigenvalue weighted by atomic mass is 15.4. The molecule has 0 aromatic carbocycles. The third-order valence-corrected chi connectivity index (χ3v) is 3.36. The van der Waals surface area contributed by atoms with Crippen LogP contribution in [0.25, 0.3) is 0 Å². The minimum atomic E-state index is 0.230. The molecule has 1 N–H and O–H groups in total. The van der Waals surface area contributed by atoms with E-state index in [-0.39, 0.29) is 6.04 Å². The fourth-order valence-corrected chi connectivity index (χ4v) is 2.35. The summed E-state index contributed by atoms with van der Waals surface area (Å²) in [6.45, 7) is 5.15. The van der Waals surface area contributed by atoms with Crippen molar-refractivity contribution in [1.29, 1.82) is 0 Å². The van der Waals surface area contributed by atoms with E-state index in [0.29, 0.717) is 5.92 Å². The fourth-order valence-electron chi connectivity index (χ4n) is 2.35. The SMILES string of the molecule is CC(C)c1nc2n(n1)C(c1ccnn1C)CCN2. The smallest absolute Gasteiger partial charge is 0.222 e. The van der Waals surface area contributed by atoms with Gasteiger partial charge in [0.25, 0.3) is 0 Å². The van der Waals surface area contributed by atoms with Gasteiger partial charge in [-0.05, 0) is 12.5 Å². The van der Waals surface area contributed by atoms with Gasteiger partial charge in [-0.2, -0.15) is 15.2 Å². The van der Waals surface area contributed by atoms with Crippen molar-refractivity contribution >= 4 is 5.95 Å². The van der Waals surface area contributed by atoms with Gasteiger partial charge >= 0.3 is 0 Å². The van der Waals surface area contributed by atoms with Crippen molar-refractivity contribution in [2.24, 2.45) is 7.05 Å². The summed E-state index contributed by atoms with van der Waals surface area (Å²) in [5.41, 5.74) is 1.18. The van der Waals surface area contributed by atoms with Crippen LogP contribution < -0.4 is 5.32 Å². The summed E-state index contributed by atoms with van der Waals surface area (Å²) in [4.78, 5) is 4.55. The highest BCUT2D eigenvalue weighted by molar-refractivity contribution is 5.31. The van der Waals surface area contributed by atoms with Gasteiger partial charge < -0.3 is 5.32 Å². The molecule has 0 saturated heterocycles. The van der Waals surface area contributed by atoms with Crippen molar-refractivity contribution in [3.05, 3.63) is 23.8 Å². The Labute approximate surface area is 106 Å². The van der Waals surface area contributed by atoms with Gasteiger partial charge in [-0.3, -0.25) is 4.68 Å². The Morgan fingerprint density at radius 3 is 2.94 bits per heavy atom. The number of rotatable bonds is 2. The summed E-state index contributed by atoms with van der Waals surface area (Å²) in [6.07, 6.45) is 2.84. The molecule has 18 heavy (non-hydrogen) atoms. The molecular weight excluding hydrogens is 228 g/mol. The van der Waals surface area contributed by atoms with Crippen LogP contribution in [0.4, 0.5) is 5.95 Å². The number of anilines is 1. The molecule has 6 heteroatoms. The molecule has 0 fully saturated rings. The molecule has 0 spiro atoms. The van der Waals surface area contributed by atoms with Gasteiger partial charge in [0.15, 0.2) is 5.82 Å². The van der Waals surface area contributed by atoms with Gasteiger partial charge in [0.05, 0.1) is 11.7 Å². The van der Waals surface area contributed by atoms with Crippen molar-refractivity contribution in [2.75, 3.05) is 11.9 Å². The minimum absolute atomic E-state index is 0.230. The average Bonchev–Trinajstić information content (AvgIpc) is 2.94. The summed E-state index contributed by atoms with van der Waals surface area (Å²) in [7, 11) is 1.97. The monoisotopic (exact) mass is 246 g/mol. The van der Waals surface area contributed by atoms with Gasteiger partial charge in [0.2, 0.25) is 5.95 Å². The van der Waals surface area contributed by atoms with E-state index in [1.54, 1.807) is 0 Å². The van der Waals surface area contributed by atoms with Gasteiger partial charge in [-0.1, -0.05) is 13.8 Å². The Hall–Kier alpha value is -1.85. The number of hydrogen-bond donors (Lipinski definition) is 1. The predicted octanol–water partition coefficient (Wildman–Crippen LogP) is 1.54.